The molecule has 0 aliphatic heterocycles. The molecule has 0 saturated carbocycles. The lowest BCUT2D eigenvalue weighted by atomic mass is 10.1. The molecule has 56 heavy (non-hydrogen) atoms. The maximum Gasteiger partial charge on any atom is 0.309 e. The van der Waals surface area contributed by atoms with Crippen LogP contribution in [0.2, 0.25) is 0 Å². The monoisotopic (exact) mass is 777 g/mol. The van der Waals surface area contributed by atoms with Crippen molar-refractivity contribution in [3.05, 3.63) is 97.2 Å². The Balaban J connectivity index is 4.20. The van der Waals surface area contributed by atoms with Crippen LogP contribution in [-0.4, -0.2) is 37.9 Å². The minimum Gasteiger partial charge on any atom is -0.461 e. The van der Waals surface area contributed by atoms with Gasteiger partial charge in [-0.15, -0.1) is 0 Å². The van der Waals surface area contributed by atoms with Crippen LogP contribution < -0.4 is 0 Å². The summed E-state index contributed by atoms with van der Waals surface area (Å²) < 4.78 is 17.1. The second kappa shape index (κ2) is 46.2. The maximum atomic E-state index is 12.5. The average Bonchev–Trinajstić information content (AvgIpc) is 3.20. The number of allylic oxidation sites excluding steroid dienone is 15. The van der Waals surface area contributed by atoms with Gasteiger partial charge in [0.1, 0.15) is 6.61 Å². The number of esters is 2. The molecule has 0 aliphatic carbocycles. The van der Waals surface area contributed by atoms with Gasteiger partial charge in [-0.2, -0.15) is 0 Å². The molecule has 318 valence electrons. The Morgan fingerprint density at radius 2 is 0.857 bits per heavy atom. The molecule has 0 fully saturated rings. The van der Waals surface area contributed by atoms with Crippen molar-refractivity contribution in [1.29, 1.82) is 0 Å². The zero-order chi connectivity index (χ0) is 40.7. The average molecular weight is 777 g/mol. The minimum atomic E-state index is -0.581. The van der Waals surface area contributed by atoms with Crippen molar-refractivity contribution in [2.75, 3.05) is 19.8 Å². The standard InChI is InChI=1S/C51H84O5/c1-4-7-10-13-15-17-19-21-23-24-25-26-27-29-31-33-35-37-40-43-46-54-47-49(56-51(53)45-42-38-12-9-6-3)48-55-50(52)44-41-39-36-34-32-30-28-22-20-18-16-14-11-8-5-2/h8,11,15-18,21-23,25-26,28,32,34,39,41,49H,4-7,9-10,12-14,19-20,24,27,29-31,33,35-38,40,42-48H2,1-3H3/b11-8-,17-15-,18-16-,23-21-,26-25-,28-22-,34-32-,41-39-. The summed E-state index contributed by atoms with van der Waals surface area (Å²) in [6.07, 6.45) is 61.8. The first-order valence-electron chi connectivity index (χ1n) is 22.8. The van der Waals surface area contributed by atoms with Crippen LogP contribution in [0.1, 0.15) is 188 Å². The number of rotatable bonds is 40. The van der Waals surface area contributed by atoms with Crippen LogP contribution in [0, 0.1) is 0 Å². The van der Waals surface area contributed by atoms with Crippen molar-refractivity contribution in [1.82, 2.24) is 0 Å². The van der Waals surface area contributed by atoms with Gasteiger partial charge in [-0.3, -0.25) is 9.59 Å². The van der Waals surface area contributed by atoms with E-state index in [0.29, 0.717) is 13.0 Å². The van der Waals surface area contributed by atoms with E-state index in [-0.39, 0.29) is 31.6 Å². The van der Waals surface area contributed by atoms with Gasteiger partial charge in [0.05, 0.1) is 13.0 Å². The van der Waals surface area contributed by atoms with Gasteiger partial charge in [0.15, 0.2) is 6.10 Å². The van der Waals surface area contributed by atoms with Crippen LogP contribution in [0.25, 0.3) is 0 Å². The Morgan fingerprint density at radius 1 is 0.429 bits per heavy atom. The van der Waals surface area contributed by atoms with Gasteiger partial charge in [0, 0.05) is 13.0 Å². The Labute approximate surface area is 345 Å². The molecule has 0 amide bonds. The molecule has 5 nitrogen and oxygen atoms in total. The smallest absolute Gasteiger partial charge is 0.309 e. The summed E-state index contributed by atoms with van der Waals surface area (Å²) >= 11 is 0. The van der Waals surface area contributed by atoms with Crippen molar-refractivity contribution < 1.29 is 23.8 Å². The molecule has 0 aromatic carbocycles. The molecule has 1 atom stereocenters. The number of ether oxygens (including phenoxy) is 3. The summed E-state index contributed by atoms with van der Waals surface area (Å²) in [6, 6.07) is 0. The van der Waals surface area contributed by atoms with E-state index in [4.69, 9.17) is 14.2 Å². The highest BCUT2D eigenvalue weighted by molar-refractivity contribution is 5.71. The molecular formula is C51H84O5. The predicted octanol–water partition coefficient (Wildman–Crippen LogP) is 15.1. The van der Waals surface area contributed by atoms with Gasteiger partial charge in [-0.05, 0) is 83.5 Å². The molecule has 0 aromatic rings. The summed E-state index contributed by atoms with van der Waals surface area (Å²) in [5.74, 6) is -0.570. The molecular weight excluding hydrogens is 693 g/mol. The second-order valence-electron chi connectivity index (χ2n) is 14.6. The third kappa shape index (κ3) is 43.5. The van der Waals surface area contributed by atoms with E-state index in [1.54, 1.807) is 0 Å². The highest BCUT2D eigenvalue weighted by Crippen LogP contribution is 2.11. The number of carbonyl (C=O) groups is 2. The van der Waals surface area contributed by atoms with E-state index in [0.717, 1.165) is 77.0 Å². The summed E-state index contributed by atoms with van der Waals surface area (Å²) in [5, 5.41) is 0. The fraction of sp³-hybridized carbons (Fsp3) is 0.647. The summed E-state index contributed by atoms with van der Waals surface area (Å²) in [7, 11) is 0. The van der Waals surface area contributed by atoms with E-state index >= 15 is 0 Å². The van der Waals surface area contributed by atoms with Gasteiger partial charge in [0.25, 0.3) is 0 Å². The third-order valence-electron chi connectivity index (χ3n) is 9.14. The summed E-state index contributed by atoms with van der Waals surface area (Å²) in [5.41, 5.74) is 0. The fourth-order valence-electron chi connectivity index (χ4n) is 5.76. The summed E-state index contributed by atoms with van der Waals surface area (Å²) in [4.78, 5) is 24.9. The van der Waals surface area contributed by atoms with Gasteiger partial charge >= 0.3 is 11.9 Å². The maximum absolute atomic E-state index is 12.5. The van der Waals surface area contributed by atoms with Crippen molar-refractivity contribution in [3.8, 4) is 0 Å². The molecule has 0 saturated heterocycles. The van der Waals surface area contributed by atoms with Gasteiger partial charge in [-0.1, -0.05) is 189 Å². The number of unbranched alkanes of at least 4 members (excludes halogenated alkanes) is 14. The normalized spacial score (nSPS) is 13.1. The first-order valence-corrected chi connectivity index (χ1v) is 22.8. The summed E-state index contributed by atoms with van der Waals surface area (Å²) in [6.45, 7) is 7.46. The molecule has 0 radical (unpaired) electrons. The highest BCUT2D eigenvalue weighted by atomic mass is 16.6. The van der Waals surface area contributed by atoms with Crippen LogP contribution in [0.3, 0.4) is 0 Å². The van der Waals surface area contributed by atoms with Crippen LogP contribution in [0.15, 0.2) is 97.2 Å². The highest BCUT2D eigenvalue weighted by Gasteiger charge is 2.17. The Bertz CT molecular complexity index is 1110. The van der Waals surface area contributed by atoms with E-state index < -0.39 is 6.10 Å². The molecule has 0 aromatic heterocycles. The zero-order valence-corrected chi connectivity index (χ0v) is 36.4. The van der Waals surface area contributed by atoms with Crippen LogP contribution in [-0.2, 0) is 23.8 Å². The van der Waals surface area contributed by atoms with Crippen molar-refractivity contribution in [2.24, 2.45) is 0 Å². The lowest BCUT2D eigenvalue weighted by Gasteiger charge is -2.18. The SMILES string of the molecule is CC/C=C\C/C=C\C/C=C\C/C=C\C/C=C\CC(=O)OCC(COCCCCCCCCC/C=C\C/C=C\C/C=C\CCCCC)OC(=O)CCCCCCC. The van der Waals surface area contributed by atoms with Crippen molar-refractivity contribution in [2.45, 2.75) is 194 Å². The molecule has 0 bridgehead atoms. The quantitative estimate of drug-likeness (QED) is 0.0352. The van der Waals surface area contributed by atoms with Crippen LogP contribution in [0.4, 0.5) is 0 Å². The zero-order valence-electron chi connectivity index (χ0n) is 36.4. The van der Waals surface area contributed by atoms with Crippen LogP contribution in [0.5, 0.6) is 0 Å². The fourth-order valence-corrected chi connectivity index (χ4v) is 5.76. The third-order valence-corrected chi connectivity index (χ3v) is 9.14. The lowest BCUT2D eigenvalue weighted by molar-refractivity contribution is -0.162. The topological polar surface area (TPSA) is 61.8 Å². The second-order valence-corrected chi connectivity index (χ2v) is 14.6. The minimum absolute atomic E-state index is 0.0217. The van der Waals surface area contributed by atoms with E-state index in [2.05, 4.69) is 106 Å². The lowest BCUT2D eigenvalue weighted by Crippen LogP contribution is -2.30. The van der Waals surface area contributed by atoms with Gasteiger partial charge in [-0.25, -0.2) is 0 Å². The van der Waals surface area contributed by atoms with E-state index in [1.807, 2.05) is 12.2 Å². The molecule has 0 heterocycles. The van der Waals surface area contributed by atoms with Gasteiger partial charge in [0.2, 0.25) is 0 Å². The Kier molecular flexibility index (Phi) is 43.6. The van der Waals surface area contributed by atoms with Crippen molar-refractivity contribution in [3.63, 3.8) is 0 Å². The Hall–Kier alpha value is -3.18. The first-order chi connectivity index (χ1) is 27.6. The van der Waals surface area contributed by atoms with Gasteiger partial charge < -0.3 is 14.2 Å². The number of hydrogen-bond acceptors (Lipinski definition) is 5. The molecule has 0 spiro atoms. The van der Waals surface area contributed by atoms with E-state index in [1.165, 1.54) is 77.0 Å². The van der Waals surface area contributed by atoms with Crippen LogP contribution >= 0.6 is 0 Å². The van der Waals surface area contributed by atoms with Crippen molar-refractivity contribution >= 4 is 11.9 Å². The molecule has 1 unspecified atom stereocenters. The predicted molar refractivity (Wildman–Crippen MR) is 242 cm³/mol. The number of carbonyl (C=O) groups excluding carboxylic acids is 2. The molecule has 5 heteroatoms. The first kappa shape index (κ1) is 52.8. The molecule has 0 rings (SSSR count). The largest absolute Gasteiger partial charge is 0.461 e. The number of hydrogen-bond donors (Lipinski definition) is 0. The van der Waals surface area contributed by atoms with E-state index in [9.17, 15) is 9.59 Å². The molecule has 0 N–H and O–H groups in total. The Morgan fingerprint density at radius 3 is 1.41 bits per heavy atom. The molecule has 0 aliphatic rings.